The van der Waals surface area contributed by atoms with Gasteiger partial charge in [-0.2, -0.15) is 10.2 Å². The van der Waals surface area contributed by atoms with Gasteiger partial charge in [-0.3, -0.25) is 9.78 Å². The van der Waals surface area contributed by atoms with E-state index in [0.717, 1.165) is 17.0 Å². The van der Waals surface area contributed by atoms with Crippen molar-refractivity contribution in [2.45, 2.75) is 6.54 Å². The predicted molar refractivity (Wildman–Crippen MR) is 48.7 cm³/mol. The van der Waals surface area contributed by atoms with Crippen LogP contribution in [0.25, 0.3) is 11.4 Å². The first-order valence-electron chi connectivity index (χ1n) is 4.03. The van der Waals surface area contributed by atoms with Gasteiger partial charge in [0.2, 0.25) is 0 Å². The molecule has 0 spiro atoms. The van der Waals surface area contributed by atoms with Crippen LogP contribution in [0.1, 0.15) is 5.56 Å². The first-order chi connectivity index (χ1) is 6.33. The lowest BCUT2D eigenvalue weighted by molar-refractivity contribution is 0.771. The van der Waals surface area contributed by atoms with Crippen LogP contribution in [-0.4, -0.2) is 20.0 Å². The molecule has 0 radical (unpaired) electrons. The third-order valence-corrected chi connectivity index (χ3v) is 2.01. The van der Waals surface area contributed by atoms with Crippen molar-refractivity contribution in [1.82, 2.24) is 20.0 Å². The van der Waals surface area contributed by atoms with Gasteiger partial charge in [0.15, 0.2) is 0 Å². The van der Waals surface area contributed by atoms with Crippen molar-refractivity contribution in [3.63, 3.8) is 0 Å². The van der Waals surface area contributed by atoms with E-state index in [-0.39, 0.29) is 0 Å². The second-order valence-electron chi connectivity index (χ2n) is 2.81. The van der Waals surface area contributed by atoms with E-state index in [4.69, 9.17) is 5.73 Å². The van der Waals surface area contributed by atoms with Crippen LogP contribution in [0.4, 0.5) is 0 Å². The monoisotopic (exact) mass is 177 g/mol. The molecule has 0 bridgehead atoms. The Balaban J connectivity index is 2.52. The Morgan fingerprint density at radius 1 is 1.62 bits per heavy atom. The van der Waals surface area contributed by atoms with Gasteiger partial charge in [0.1, 0.15) is 0 Å². The van der Waals surface area contributed by atoms with E-state index < -0.39 is 0 Å². The standard InChI is InChI=1S/C8H11N5/c1-13-7(2-3-11-13)8-6(4-9)5-10-12-8/h2-3,5H,4,9H2,1H3,(H,10,12). The predicted octanol–water partition coefficient (Wildman–Crippen LogP) is 0.269. The Kier molecular flexibility index (Phi) is 1.86. The summed E-state index contributed by atoms with van der Waals surface area (Å²) in [6, 6.07) is 1.92. The first-order valence-corrected chi connectivity index (χ1v) is 4.03. The van der Waals surface area contributed by atoms with Crippen molar-refractivity contribution >= 4 is 0 Å². The van der Waals surface area contributed by atoms with E-state index >= 15 is 0 Å². The zero-order chi connectivity index (χ0) is 9.26. The third-order valence-electron chi connectivity index (χ3n) is 2.01. The minimum Gasteiger partial charge on any atom is -0.326 e. The fourth-order valence-corrected chi connectivity index (χ4v) is 1.31. The van der Waals surface area contributed by atoms with Crippen LogP contribution in [-0.2, 0) is 13.6 Å². The molecule has 0 aliphatic heterocycles. The molecular formula is C8H11N5. The summed E-state index contributed by atoms with van der Waals surface area (Å²) in [5.74, 6) is 0. The van der Waals surface area contributed by atoms with Crippen LogP contribution in [0.5, 0.6) is 0 Å². The molecule has 0 aromatic carbocycles. The number of hydrogen-bond acceptors (Lipinski definition) is 3. The molecule has 2 heterocycles. The average molecular weight is 177 g/mol. The van der Waals surface area contributed by atoms with Gasteiger partial charge in [0.05, 0.1) is 17.6 Å². The van der Waals surface area contributed by atoms with Gasteiger partial charge in [0, 0.05) is 25.4 Å². The summed E-state index contributed by atoms with van der Waals surface area (Å²) in [4.78, 5) is 0. The SMILES string of the molecule is Cn1nccc1-c1[nH]ncc1CN. The first kappa shape index (κ1) is 8.00. The number of nitrogens with zero attached hydrogens (tertiary/aromatic N) is 3. The van der Waals surface area contributed by atoms with Crippen LogP contribution in [0, 0.1) is 0 Å². The zero-order valence-corrected chi connectivity index (χ0v) is 7.36. The van der Waals surface area contributed by atoms with E-state index in [2.05, 4.69) is 15.3 Å². The Bertz CT molecular complexity index is 400. The summed E-state index contributed by atoms with van der Waals surface area (Å²) in [7, 11) is 1.89. The van der Waals surface area contributed by atoms with E-state index in [1.807, 2.05) is 13.1 Å². The Morgan fingerprint density at radius 2 is 2.46 bits per heavy atom. The van der Waals surface area contributed by atoms with Crippen molar-refractivity contribution < 1.29 is 0 Å². The normalized spacial score (nSPS) is 10.6. The lowest BCUT2D eigenvalue weighted by atomic mass is 10.2. The fraction of sp³-hybridized carbons (Fsp3) is 0.250. The van der Waals surface area contributed by atoms with Crippen molar-refractivity contribution in [2.75, 3.05) is 0 Å². The number of nitrogens with one attached hydrogen (secondary N) is 1. The van der Waals surface area contributed by atoms with Crippen molar-refractivity contribution in [3.05, 3.63) is 24.0 Å². The van der Waals surface area contributed by atoms with Gasteiger partial charge in [-0.05, 0) is 6.07 Å². The molecule has 3 N–H and O–H groups in total. The smallest absolute Gasteiger partial charge is 0.0875 e. The molecule has 0 saturated carbocycles. The molecule has 68 valence electrons. The topological polar surface area (TPSA) is 72.5 Å². The maximum Gasteiger partial charge on any atom is 0.0875 e. The summed E-state index contributed by atoms with van der Waals surface area (Å²) in [5.41, 5.74) is 8.51. The molecule has 5 nitrogen and oxygen atoms in total. The molecule has 2 aromatic rings. The minimum absolute atomic E-state index is 0.483. The summed E-state index contributed by atoms with van der Waals surface area (Å²) in [6.07, 6.45) is 3.48. The lowest BCUT2D eigenvalue weighted by Gasteiger charge is -2.00. The quantitative estimate of drug-likeness (QED) is 0.691. The average Bonchev–Trinajstić information content (AvgIpc) is 2.71. The summed E-state index contributed by atoms with van der Waals surface area (Å²) in [5, 5.41) is 10.9. The number of aryl methyl sites for hydroxylation is 1. The minimum atomic E-state index is 0.483. The van der Waals surface area contributed by atoms with Gasteiger partial charge in [-0.15, -0.1) is 0 Å². The Hall–Kier alpha value is -1.62. The molecule has 2 aromatic heterocycles. The number of rotatable bonds is 2. The molecule has 5 heteroatoms. The number of hydrogen-bond donors (Lipinski definition) is 2. The van der Waals surface area contributed by atoms with Crippen LogP contribution >= 0.6 is 0 Å². The molecule has 0 atom stereocenters. The van der Waals surface area contributed by atoms with Crippen molar-refractivity contribution in [2.24, 2.45) is 12.8 Å². The molecule has 0 unspecified atom stereocenters. The zero-order valence-electron chi connectivity index (χ0n) is 7.36. The van der Waals surface area contributed by atoms with E-state index in [9.17, 15) is 0 Å². The van der Waals surface area contributed by atoms with E-state index in [1.165, 1.54) is 0 Å². The second kappa shape index (κ2) is 3.02. The van der Waals surface area contributed by atoms with Crippen LogP contribution in [0.3, 0.4) is 0 Å². The molecule has 0 amide bonds. The number of H-pyrrole nitrogens is 1. The van der Waals surface area contributed by atoms with Gasteiger partial charge in [0.25, 0.3) is 0 Å². The molecule has 0 fully saturated rings. The number of aromatic amines is 1. The second-order valence-corrected chi connectivity index (χ2v) is 2.81. The third kappa shape index (κ3) is 1.23. The Morgan fingerprint density at radius 3 is 3.08 bits per heavy atom. The number of aromatic nitrogens is 4. The lowest BCUT2D eigenvalue weighted by Crippen LogP contribution is -2.00. The molecule has 0 aliphatic carbocycles. The highest BCUT2D eigenvalue weighted by Gasteiger charge is 2.08. The molecular weight excluding hydrogens is 166 g/mol. The van der Waals surface area contributed by atoms with Crippen LogP contribution in [0.2, 0.25) is 0 Å². The molecule has 2 rings (SSSR count). The van der Waals surface area contributed by atoms with Crippen molar-refractivity contribution in [3.8, 4) is 11.4 Å². The van der Waals surface area contributed by atoms with Gasteiger partial charge >= 0.3 is 0 Å². The number of nitrogens with two attached hydrogens (primary N) is 1. The van der Waals surface area contributed by atoms with E-state index in [1.54, 1.807) is 17.1 Å². The molecule has 0 saturated heterocycles. The fourth-order valence-electron chi connectivity index (χ4n) is 1.31. The maximum atomic E-state index is 5.56. The maximum absolute atomic E-state index is 5.56. The largest absolute Gasteiger partial charge is 0.326 e. The highest BCUT2D eigenvalue weighted by molar-refractivity contribution is 5.58. The summed E-state index contributed by atoms with van der Waals surface area (Å²) >= 11 is 0. The highest BCUT2D eigenvalue weighted by Crippen LogP contribution is 2.18. The van der Waals surface area contributed by atoms with Gasteiger partial charge < -0.3 is 5.73 Å². The highest BCUT2D eigenvalue weighted by atomic mass is 15.3. The Labute approximate surface area is 75.6 Å². The van der Waals surface area contributed by atoms with Crippen molar-refractivity contribution in [1.29, 1.82) is 0 Å². The van der Waals surface area contributed by atoms with Gasteiger partial charge in [-0.1, -0.05) is 0 Å². The van der Waals surface area contributed by atoms with E-state index in [0.29, 0.717) is 6.54 Å². The van der Waals surface area contributed by atoms with Gasteiger partial charge in [-0.25, -0.2) is 0 Å². The van der Waals surface area contributed by atoms with Crippen LogP contribution in [0.15, 0.2) is 18.5 Å². The summed E-state index contributed by atoms with van der Waals surface area (Å²) in [6.45, 7) is 0.483. The van der Waals surface area contributed by atoms with Crippen LogP contribution < -0.4 is 5.73 Å². The molecule has 13 heavy (non-hydrogen) atoms. The summed E-state index contributed by atoms with van der Waals surface area (Å²) < 4.78 is 1.78. The molecule has 0 aliphatic rings.